The zero-order valence-electron chi connectivity index (χ0n) is 10.2. The second-order valence-corrected chi connectivity index (χ2v) is 4.53. The smallest absolute Gasteiger partial charge is 0.339 e. The van der Waals surface area contributed by atoms with Crippen LogP contribution in [0, 0.1) is 0 Å². The summed E-state index contributed by atoms with van der Waals surface area (Å²) in [6.45, 7) is 0. The zero-order chi connectivity index (χ0) is 13.7. The molecule has 7 heteroatoms. The van der Waals surface area contributed by atoms with Crippen LogP contribution in [0.3, 0.4) is 0 Å². The van der Waals surface area contributed by atoms with E-state index in [4.69, 9.17) is 5.73 Å². The minimum atomic E-state index is -0.398. The molecule has 0 fully saturated rings. The number of methoxy groups -OCH3 is 1. The Labute approximate surface area is 114 Å². The lowest BCUT2D eigenvalue weighted by Crippen LogP contribution is -2.02. The zero-order valence-corrected chi connectivity index (χ0v) is 11.1. The molecule has 98 valence electrons. The first-order chi connectivity index (χ1) is 9.20. The van der Waals surface area contributed by atoms with E-state index in [1.807, 2.05) is 0 Å². The molecular weight excluding hydrogens is 264 g/mol. The molecule has 19 heavy (non-hydrogen) atoms. The number of hydrogen-bond acceptors (Lipinski definition) is 7. The highest BCUT2D eigenvalue weighted by Gasteiger charge is 2.07. The van der Waals surface area contributed by atoms with E-state index in [1.54, 1.807) is 24.5 Å². The highest BCUT2D eigenvalue weighted by molar-refractivity contribution is 7.98. The van der Waals surface area contributed by atoms with Crippen LogP contribution in [-0.2, 0) is 10.5 Å². The predicted octanol–water partition coefficient (Wildman–Crippen LogP) is 1.53. The van der Waals surface area contributed by atoms with E-state index in [0.717, 1.165) is 5.69 Å². The normalized spacial score (nSPS) is 10.2. The summed E-state index contributed by atoms with van der Waals surface area (Å²) < 4.78 is 4.60. The van der Waals surface area contributed by atoms with E-state index < -0.39 is 5.97 Å². The number of hydrogen-bond donors (Lipinski definition) is 1. The van der Waals surface area contributed by atoms with Crippen molar-refractivity contribution in [1.29, 1.82) is 0 Å². The molecule has 0 saturated heterocycles. The van der Waals surface area contributed by atoms with Gasteiger partial charge in [0.05, 0.1) is 18.4 Å². The maximum atomic E-state index is 11.2. The van der Waals surface area contributed by atoms with Crippen LogP contribution in [0.1, 0.15) is 16.1 Å². The van der Waals surface area contributed by atoms with Crippen molar-refractivity contribution in [3.05, 3.63) is 42.0 Å². The van der Waals surface area contributed by atoms with E-state index in [2.05, 4.69) is 19.7 Å². The van der Waals surface area contributed by atoms with Crippen LogP contribution in [0.15, 0.2) is 35.7 Å². The van der Waals surface area contributed by atoms with Gasteiger partial charge in [-0.1, -0.05) is 11.8 Å². The first kappa shape index (κ1) is 13.3. The molecule has 0 unspecified atom stereocenters. The van der Waals surface area contributed by atoms with Crippen LogP contribution < -0.4 is 5.73 Å². The van der Waals surface area contributed by atoms with Gasteiger partial charge < -0.3 is 10.5 Å². The molecule has 0 aliphatic rings. The van der Waals surface area contributed by atoms with Gasteiger partial charge in [-0.25, -0.2) is 14.8 Å². The molecule has 2 heterocycles. The number of ether oxygens (including phenoxy) is 1. The second-order valence-electron chi connectivity index (χ2n) is 3.57. The molecule has 0 amide bonds. The lowest BCUT2D eigenvalue weighted by molar-refractivity contribution is 0.0600. The highest BCUT2D eigenvalue weighted by Crippen LogP contribution is 2.23. The Kier molecular flexibility index (Phi) is 4.30. The highest BCUT2D eigenvalue weighted by atomic mass is 32.2. The summed E-state index contributed by atoms with van der Waals surface area (Å²) in [5, 5.41) is 0.668. The lowest BCUT2D eigenvalue weighted by Gasteiger charge is -2.03. The minimum absolute atomic E-state index is 0.398. The number of thioether (sulfide) groups is 1. The van der Waals surface area contributed by atoms with Gasteiger partial charge in [-0.2, -0.15) is 0 Å². The third-order valence-electron chi connectivity index (χ3n) is 2.29. The van der Waals surface area contributed by atoms with Gasteiger partial charge in [0.2, 0.25) is 0 Å². The lowest BCUT2D eigenvalue weighted by atomic mass is 10.2. The summed E-state index contributed by atoms with van der Waals surface area (Å²) in [4.78, 5) is 23.5. The topological polar surface area (TPSA) is 91.0 Å². The van der Waals surface area contributed by atoms with Crippen molar-refractivity contribution in [2.24, 2.45) is 0 Å². The van der Waals surface area contributed by atoms with E-state index >= 15 is 0 Å². The molecule has 0 radical (unpaired) electrons. The van der Waals surface area contributed by atoms with Crippen LogP contribution in [0.2, 0.25) is 0 Å². The quantitative estimate of drug-likeness (QED) is 0.668. The largest absolute Gasteiger partial charge is 0.465 e. The number of pyridine rings is 1. The summed E-state index contributed by atoms with van der Waals surface area (Å²) >= 11 is 1.44. The van der Waals surface area contributed by atoms with Crippen molar-refractivity contribution in [1.82, 2.24) is 15.0 Å². The Morgan fingerprint density at radius 2 is 2.11 bits per heavy atom. The molecule has 2 aromatic heterocycles. The maximum absolute atomic E-state index is 11.2. The summed E-state index contributed by atoms with van der Waals surface area (Å²) in [6, 6.07) is 3.45. The Hall–Kier alpha value is -2.15. The standard InChI is InChI=1S/C12H12N4O2S/c1-18-12(17)8-2-3-9(16-6-8)7-19-11-10(13)14-4-5-15-11/h2-6H,7H2,1H3,(H2,13,14). The Bertz CT molecular complexity index is 574. The van der Waals surface area contributed by atoms with Crippen LogP contribution in [-0.4, -0.2) is 28.0 Å². The molecule has 6 nitrogen and oxygen atoms in total. The molecule has 0 spiro atoms. The molecule has 2 aromatic rings. The van der Waals surface area contributed by atoms with Gasteiger partial charge in [0, 0.05) is 24.3 Å². The Balaban J connectivity index is 2.01. The molecular formula is C12H12N4O2S. The molecule has 2 N–H and O–H groups in total. The van der Waals surface area contributed by atoms with Gasteiger partial charge in [0.1, 0.15) is 5.03 Å². The number of aromatic nitrogens is 3. The fraction of sp³-hybridized carbons (Fsp3) is 0.167. The number of nitrogens with zero attached hydrogens (tertiary/aromatic N) is 3. The molecule has 0 bridgehead atoms. The van der Waals surface area contributed by atoms with Crippen molar-refractivity contribution < 1.29 is 9.53 Å². The van der Waals surface area contributed by atoms with E-state index in [9.17, 15) is 4.79 Å². The van der Waals surface area contributed by atoms with Crippen molar-refractivity contribution in [3.8, 4) is 0 Å². The van der Waals surface area contributed by atoms with E-state index in [-0.39, 0.29) is 0 Å². The molecule has 0 atom stereocenters. The van der Waals surface area contributed by atoms with Crippen molar-refractivity contribution in [2.45, 2.75) is 10.8 Å². The Morgan fingerprint density at radius 1 is 1.32 bits per heavy atom. The molecule has 2 rings (SSSR count). The first-order valence-electron chi connectivity index (χ1n) is 5.43. The van der Waals surface area contributed by atoms with Crippen molar-refractivity contribution >= 4 is 23.5 Å². The number of rotatable bonds is 4. The fourth-order valence-electron chi connectivity index (χ4n) is 1.34. The van der Waals surface area contributed by atoms with Crippen molar-refractivity contribution in [2.75, 3.05) is 12.8 Å². The third kappa shape index (κ3) is 3.41. The summed E-state index contributed by atoms with van der Waals surface area (Å²) in [5.41, 5.74) is 6.94. The fourth-order valence-corrected chi connectivity index (χ4v) is 2.13. The van der Waals surface area contributed by atoms with Crippen LogP contribution in [0.5, 0.6) is 0 Å². The predicted molar refractivity (Wildman–Crippen MR) is 71.6 cm³/mol. The SMILES string of the molecule is COC(=O)c1ccc(CSc2nccnc2N)nc1. The summed E-state index contributed by atoms with van der Waals surface area (Å²) in [7, 11) is 1.34. The number of carbonyl (C=O) groups excluding carboxylic acids is 1. The van der Waals surface area contributed by atoms with Gasteiger partial charge in [-0.05, 0) is 12.1 Å². The average molecular weight is 276 g/mol. The van der Waals surface area contributed by atoms with Gasteiger partial charge in [-0.3, -0.25) is 4.98 Å². The number of anilines is 1. The minimum Gasteiger partial charge on any atom is -0.465 e. The monoisotopic (exact) mass is 276 g/mol. The summed E-state index contributed by atoms with van der Waals surface area (Å²) in [6.07, 6.45) is 4.62. The Morgan fingerprint density at radius 3 is 2.74 bits per heavy atom. The van der Waals surface area contributed by atoms with Crippen LogP contribution in [0.4, 0.5) is 5.82 Å². The average Bonchev–Trinajstić information content (AvgIpc) is 2.46. The number of esters is 1. The summed E-state index contributed by atoms with van der Waals surface area (Å²) in [5.74, 6) is 0.605. The van der Waals surface area contributed by atoms with E-state index in [1.165, 1.54) is 25.1 Å². The van der Waals surface area contributed by atoms with Crippen molar-refractivity contribution in [3.63, 3.8) is 0 Å². The van der Waals surface area contributed by atoms with Crippen LogP contribution >= 0.6 is 11.8 Å². The second kappa shape index (κ2) is 6.14. The van der Waals surface area contributed by atoms with Crippen LogP contribution in [0.25, 0.3) is 0 Å². The number of carbonyl (C=O) groups is 1. The first-order valence-corrected chi connectivity index (χ1v) is 6.42. The number of nitrogens with two attached hydrogens (primary N) is 1. The molecule has 0 saturated carbocycles. The molecule has 0 aliphatic carbocycles. The van der Waals surface area contributed by atoms with E-state index in [0.29, 0.717) is 22.2 Å². The third-order valence-corrected chi connectivity index (χ3v) is 3.32. The molecule has 0 aromatic carbocycles. The van der Waals surface area contributed by atoms with Gasteiger partial charge >= 0.3 is 5.97 Å². The molecule has 0 aliphatic heterocycles. The maximum Gasteiger partial charge on any atom is 0.339 e. The van der Waals surface area contributed by atoms with Gasteiger partial charge in [0.25, 0.3) is 0 Å². The number of nitrogen functional groups attached to an aromatic ring is 1. The van der Waals surface area contributed by atoms with Gasteiger partial charge in [-0.15, -0.1) is 0 Å². The van der Waals surface area contributed by atoms with Gasteiger partial charge in [0.15, 0.2) is 5.82 Å².